The predicted octanol–water partition coefficient (Wildman–Crippen LogP) is 2.38. The standard InChI is InChI=1S/C13H26N2/c14-9-5-7-12-6-4-8-13(12)15-10-2-1-3-11-15/h12-13H,1-11,14H2. The maximum Gasteiger partial charge on any atom is 0.0123 e. The van der Waals surface area contributed by atoms with Crippen LogP contribution in [0, 0.1) is 5.92 Å². The molecule has 0 amide bonds. The van der Waals surface area contributed by atoms with Crippen LogP contribution < -0.4 is 5.73 Å². The molecule has 2 atom stereocenters. The predicted molar refractivity (Wildman–Crippen MR) is 64.8 cm³/mol. The summed E-state index contributed by atoms with van der Waals surface area (Å²) >= 11 is 0. The van der Waals surface area contributed by atoms with Crippen LogP contribution in [-0.4, -0.2) is 30.6 Å². The maximum absolute atomic E-state index is 5.62. The highest BCUT2D eigenvalue weighted by Gasteiger charge is 2.31. The summed E-state index contributed by atoms with van der Waals surface area (Å²) in [6, 6.07) is 0.914. The molecular weight excluding hydrogens is 184 g/mol. The van der Waals surface area contributed by atoms with Gasteiger partial charge in [0.2, 0.25) is 0 Å². The van der Waals surface area contributed by atoms with E-state index in [1.165, 1.54) is 64.5 Å². The maximum atomic E-state index is 5.62. The van der Waals surface area contributed by atoms with Crippen molar-refractivity contribution in [2.45, 2.75) is 57.4 Å². The normalized spacial score (nSPS) is 33.4. The molecule has 2 heteroatoms. The van der Waals surface area contributed by atoms with Gasteiger partial charge in [0.05, 0.1) is 0 Å². The third-order valence-electron chi connectivity index (χ3n) is 4.26. The Balaban J connectivity index is 1.82. The minimum absolute atomic E-state index is 0.878. The largest absolute Gasteiger partial charge is 0.330 e. The van der Waals surface area contributed by atoms with Gasteiger partial charge in [-0.2, -0.15) is 0 Å². The molecule has 88 valence electrons. The molecule has 1 saturated carbocycles. The molecule has 2 fully saturated rings. The Bertz CT molecular complexity index is 175. The molecule has 1 aliphatic heterocycles. The summed E-state index contributed by atoms with van der Waals surface area (Å²) in [5.74, 6) is 0.964. The fourth-order valence-electron chi connectivity index (χ4n) is 3.46. The van der Waals surface area contributed by atoms with E-state index in [0.717, 1.165) is 18.5 Å². The van der Waals surface area contributed by atoms with Gasteiger partial charge in [0.15, 0.2) is 0 Å². The highest BCUT2D eigenvalue weighted by molar-refractivity contribution is 4.86. The van der Waals surface area contributed by atoms with E-state index >= 15 is 0 Å². The van der Waals surface area contributed by atoms with Gasteiger partial charge in [0.25, 0.3) is 0 Å². The van der Waals surface area contributed by atoms with Crippen molar-refractivity contribution in [2.75, 3.05) is 19.6 Å². The minimum atomic E-state index is 0.878. The Morgan fingerprint density at radius 3 is 2.53 bits per heavy atom. The topological polar surface area (TPSA) is 29.3 Å². The van der Waals surface area contributed by atoms with Crippen LogP contribution in [0.25, 0.3) is 0 Å². The van der Waals surface area contributed by atoms with E-state index in [2.05, 4.69) is 4.90 Å². The van der Waals surface area contributed by atoms with Crippen LogP contribution in [0.4, 0.5) is 0 Å². The fourth-order valence-corrected chi connectivity index (χ4v) is 3.46. The summed E-state index contributed by atoms with van der Waals surface area (Å²) in [4.78, 5) is 2.78. The van der Waals surface area contributed by atoms with Crippen LogP contribution in [0.5, 0.6) is 0 Å². The average molecular weight is 210 g/mol. The summed E-state index contributed by atoms with van der Waals surface area (Å²) in [5.41, 5.74) is 5.62. The van der Waals surface area contributed by atoms with Crippen LogP contribution >= 0.6 is 0 Å². The molecule has 1 aliphatic carbocycles. The van der Waals surface area contributed by atoms with Gasteiger partial charge in [-0.3, -0.25) is 0 Å². The minimum Gasteiger partial charge on any atom is -0.330 e. The Kier molecular flexibility index (Phi) is 4.45. The van der Waals surface area contributed by atoms with E-state index in [4.69, 9.17) is 5.73 Å². The lowest BCUT2D eigenvalue weighted by Gasteiger charge is -2.35. The Morgan fingerprint density at radius 2 is 1.80 bits per heavy atom. The third-order valence-corrected chi connectivity index (χ3v) is 4.26. The zero-order valence-corrected chi connectivity index (χ0v) is 9.96. The van der Waals surface area contributed by atoms with Crippen LogP contribution in [-0.2, 0) is 0 Å². The highest BCUT2D eigenvalue weighted by Crippen LogP contribution is 2.34. The number of rotatable bonds is 4. The SMILES string of the molecule is NCCCC1CCCC1N1CCCCC1. The van der Waals surface area contributed by atoms with Gasteiger partial charge >= 0.3 is 0 Å². The van der Waals surface area contributed by atoms with Gasteiger partial charge in [0.1, 0.15) is 0 Å². The first-order valence-corrected chi connectivity index (χ1v) is 6.86. The number of piperidine rings is 1. The van der Waals surface area contributed by atoms with Gasteiger partial charge in [-0.05, 0) is 64.1 Å². The lowest BCUT2D eigenvalue weighted by molar-refractivity contribution is 0.128. The second kappa shape index (κ2) is 5.86. The van der Waals surface area contributed by atoms with E-state index in [0.29, 0.717) is 0 Å². The molecule has 2 N–H and O–H groups in total. The van der Waals surface area contributed by atoms with Crippen molar-refractivity contribution in [3.05, 3.63) is 0 Å². The van der Waals surface area contributed by atoms with Gasteiger partial charge < -0.3 is 10.6 Å². The number of nitrogens with zero attached hydrogens (tertiary/aromatic N) is 1. The van der Waals surface area contributed by atoms with Crippen molar-refractivity contribution >= 4 is 0 Å². The molecule has 15 heavy (non-hydrogen) atoms. The van der Waals surface area contributed by atoms with Crippen molar-refractivity contribution in [1.29, 1.82) is 0 Å². The molecule has 2 rings (SSSR count). The van der Waals surface area contributed by atoms with Crippen molar-refractivity contribution < 1.29 is 0 Å². The molecule has 0 bridgehead atoms. The molecule has 0 aromatic heterocycles. The summed E-state index contributed by atoms with van der Waals surface area (Å²) in [5, 5.41) is 0. The first-order valence-electron chi connectivity index (χ1n) is 6.86. The van der Waals surface area contributed by atoms with E-state index < -0.39 is 0 Å². The Hall–Kier alpha value is -0.0800. The van der Waals surface area contributed by atoms with E-state index in [1.54, 1.807) is 0 Å². The van der Waals surface area contributed by atoms with Gasteiger partial charge in [-0.1, -0.05) is 12.8 Å². The van der Waals surface area contributed by atoms with Crippen LogP contribution in [0.15, 0.2) is 0 Å². The summed E-state index contributed by atoms with van der Waals surface area (Å²) in [7, 11) is 0. The summed E-state index contributed by atoms with van der Waals surface area (Å²) in [6.45, 7) is 3.61. The molecule has 2 unspecified atom stereocenters. The zero-order valence-electron chi connectivity index (χ0n) is 9.96. The molecule has 0 spiro atoms. The van der Waals surface area contributed by atoms with Gasteiger partial charge in [-0.15, -0.1) is 0 Å². The third kappa shape index (κ3) is 2.94. The lowest BCUT2D eigenvalue weighted by Crippen LogP contribution is -2.41. The Labute approximate surface area is 94.2 Å². The number of nitrogens with two attached hydrogens (primary N) is 1. The van der Waals surface area contributed by atoms with Crippen LogP contribution in [0.3, 0.4) is 0 Å². The van der Waals surface area contributed by atoms with Crippen LogP contribution in [0.1, 0.15) is 51.4 Å². The van der Waals surface area contributed by atoms with Crippen LogP contribution in [0.2, 0.25) is 0 Å². The number of hydrogen-bond acceptors (Lipinski definition) is 2. The molecule has 1 heterocycles. The highest BCUT2D eigenvalue weighted by atomic mass is 15.2. The second-order valence-electron chi connectivity index (χ2n) is 5.29. The molecule has 0 aromatic rings. The monoisotopic (exact) mass is 210 g/mol. The van der Waals surface area contributed by atoms with E-state index in [9.17, 15) is 0 Å². The average Bonchev–Trinajstić information content (AvgIpc) is 2.75. The van der Waals surface area contributed by atoms with Crippen molar-refractivity contribution in [1.82, 2.24) is 4.90 Å². The second-order valence-corrected chi connectivity index (χ2v) is 5.29. The summed E-state index contributed by atoms with van der Waals surface area (Å²) in [6.07, 6.45) is 11.3. The molecule has 0 aromatic carbocycles. The lowest BCUT2D eigenvalue weighted by atomic mass is 9.95. The Morgan fingerprint density at radius 1 is 1.00 bits per heavy atom. The summed E-state index contributed by atoms with van der Waals surface area (Å²) < 4.78 is 0. The number of likely N-dealkylation sites (tertiary alicyclic amines) is 1. The molecular formula is C13H26N2. The van der Waals surface area contributed by atoms with E-state index in [1.807, 2.05) is 0 Å². The number of hydrogen-bond donors (Lipinski definition) is 1. The quantitative estimate of drug-likeness (QED) is 0.772. The zero-order chi connectivity index (χ0) is 10.5. The molecule has 2 aliphatic rings. The van der Waals surface area contributed by atoms with Crippen molar-refractivity contribution in [3.8, 4) is 0 Å². The first-order chi connectivity index (χ1) is 7.42. The van der Waals surface area contributed by atoms with Gasteiger partial charge in [-0.25, -0.2) is 0 Å². The van der Waals surface area contributed by atoms with E-state index in [-0.39, 0.29) is 0 Å². The van der Waals surface area contributed by atoms with Crippen molar-refractivity contribution in [3.63, 3.8) is 0 Å². The molecule has 2 nitrogen and oxygen atoms in total. The van der Waals surface area contributed by atoms with Crippen molar-refractivity contribution in [2.24, 2.45) is 11.7 Å². The molecule has 0 radical (unpaired) electrons. The fraction of sp³-hybridized carbons (Fsp3) is 1.00. The van der Waals surface area contributed by atoms with Gasteiger partial charge in [0, 0.05) is 6.04 Å². The first kappa shape index (κ1) is 11.4. The molecule has 1 saturated heterocycles. The smallest absolute Gasteiger partial charge is 0.0123 e.